The third kappa shape index (κ3) is 3.39. The third-order valence-electron chi connectivity index (χ3n) is 3.28. The van der Waals surface area contributed by atoms with E-state index in [9.17, 15) is 9.18 Å². The second kappa shape index (κ2) is 6.39. The van der Waals surface area contributed by atoms with Gasteiger partial charge in [0.15, 0.2) is 0 Å². The van der Waals surface area contributed by atoms with Crippen LogP contribution in [0.15, 0.2) is 24.3 Å². The molecule has 2 aromatic rings. The number of nitrogen functional groups attached to an aromatic ring is 1. The van der Waals surface area contributed by atoms with E-state index >= 15 is 0 Å². The molecule has 112 valence electrons. The molecule has 21 heavy (non-hydrogen) atoms. The molecule has 1 amide bonds. The fraction of sp³-hybridized carbons (Fsp3) is 0.333. The van der Waals surface area contributed by atoms with E-state index in [-0.39, 0.29) is 11.7 Å². The maximum absolute atomic E-state index is 13.1. The maximum Gasteiger partial charge on any atom is 0.271 e. The zero-order valence-electron chi connectivity index (χ0n) is 12.2. The molecule has 0 atom stereocenters. The van der Waals surface area contributed by atoms with E-state index < -0.39 is 0 Å². The lowest BCUT2D eigenvalue weighted by molar-refractivity contribution is 0.0944. The molecule has 6 heteroatoms. The molecule has 0 radical (unpaired) electrons. The number of halogens is 1. The number of hydrogen-bond acceptors (Lipinski definition) is 3. The number of amides is 1. The molecule has 1 heterocycles. The molecule has 3 N–H and O–H groups in total. The SMILES string of the molecule is CCn1nc(C)c(N)c1C(=O)NCCc1cccc(F)c1. The monoisotopic (exact) mass is 290 g/mol. The fourth-order valence-corrected chi connectivity index (χ4v) is 2.16. The molecular formula is C15H19FN4O. The van der Waals surface area contributed by atoms with E-state index in [1.807, 2.05) is 13.0 Å². The quantitative estimate of drug-likeness (QED) is 0.883. The van der Waals surface area contributed by atoms with Gasteiger partial charge in [-0.15, -0.1) is 0 Å². The number of aromatic nitrogens is 2. The number of nitrogens with one attached hydrogen (secondary N) is 1. The Labute approximate surface area is 123 Å². The lowest BCUT2D eigenvalue weighted by Crippen LogP contribution is -2.28. The third-order valence-corrected chi connectivity index (χ3v) is 3.28. The number of benzene rings is 1. The van der Waals surface area contributed by atoms with E-state index in [0.717, 1.165) is 5.56 Å². The summed E-state index contributed by atoms with van der Waals surface area (Å²) in [7, 11) is 0. The molecular weight excluding hydrogens is 271 g/mol. The van der Waals surface area contributed by atoms with Crippen molar-refractivity contribution in [1.82, 2.24) is 15.1 Å². The second-order valence-corrected chi connectivity index (χ2v) is 4.80. The van der Waals surface area contributed by atoms with Crippen molar-refractivity contribution in [2.75, 3.05) is 12.3 Å². The largest absolute Gasteiger partial charge is 0.395 e. The lowest BCUT2D eigenvalue weighted by atomic mass is 10.1. The van der Waals surface area contributed by atoms with Gasteiger partial charge in [-0.2, -0.15) is 5.10 Å². The molecule has 0 bridgehead atoms. The van der Waals surface area contributed by atoms with Crippen LogP contribution in [0, 0.1) is 12.7 Å². The van der Waals surface area contributed by atoms with Gasteiger partial charge in [0.05, 0.1) is 11.4 Å². The Kier molecular flexibility index (Phi) is 4.57. The molecule has 0 unspecified atom stereocenters. The van der Waals surface area contributed by atoms with Crippen LogP contribution in [-0.4, -0.2) is 22.2 Å². The van der Waals surface area contributed by atoms with Crippen LogP contribution in [0.4, 0.5) is 10.1 Å². The number of rotatable bonds is 5. The van der Waals surface area contributed by atoms with E-state index in [0.29, 0.717) is 36.6 Å². The smallest absolute Gasteiger partial charge is 0.271 e. The Hall–Kier alpha value is -2.37. The van der Waals surface area contributed by atoms with E-state index in [1.54, 1.807) is 17.7 Å². The average molecular weight is 290 g/mol. The zero-order valence-corrected chi connectivity index (χ0v) is 12.2. The van der Waals surface area contributed by atoms with Crippen molar-refractivity contribution < 1.29 is 9.18 Å². The van der Waals surface area contributed by atoms with Gasteiger partial charge in [0.25, 0.3) is 5.91 Å². The van der Waals surface area contributed by atoms with Crippen LogP contribution >= 0.6 is 0 Å². The molecule has 0 fully saturated rings. The van der Waals surface area contributed by atoms with Crippen LogP contribution in [0.5, 0.6) is 0 Å². The first-order chi connectivity index (χ1) is 10.0. The summed E-state index contributed by atoms with van der Waals surface area (Å²) in [5.41, 5.74) is 8.16. The molecule has 1 aromatic heterocycles. The number of anilines is 1. The van der Waals surface area contributed by atoms with Gasteiger partial charge in [0.2, 0.25) is 0 Å². The van der Waals surface area contributed by atoms with Crippen molar-refractivity contribution in [3.63, 3.8) is 0 Å². The Bertz CT molecular complexity index is 651. The normalized spacial score (nSPS) is 10.6. The minimum atomic E-state index is -0.275. The predicted octanol–water partition coefficient (Wildman–Crippen LogP) is 1.91. The van der Waals surface area contributed by atoms with Gasteiger partial charge < -0.3 is 11.1 Å². The van der Waals surface area contributed by atoms with E-state index in [4.69, 9.17) is 5.73 Å². The van der Waals surface area contributed by atoms with Crippen molar-refractivity contribution in [2.24, 2.45) is 0 Å². The Morgan fingerprint density at radius 1 is 1.48 bits per heavy atom. The highest BCUT2D eigenvalue weighted by atomic mass is 19.1. The molecule has 0 aliphatic carbocycles. The summed E-state index contributed by atoms with van der Waals surface area (Å²) in [5.74, 6) is -0.533. The van der Waals surface area contributed by atoms with Crippen LogP contribution in [0.1, 0.15) is 28.7 Å². The summed E-state index contributed by atoms with van der Waals surface area (Å²) in [5, 5.41) is 7.00. The highest BCUT2D eigenvalue weighted by Crippen LogP contribution is 2.16. The lowest BCUT2D eigenvalue weighted by Gasteiger charge is -2.08. The Morgan fingerprint density at radius 2 is 2.24 bits per heavy atom. The van der Waals surface area contributed by atoms with E-state index in [2.05, 4.69) is 10.4 Å². The fourth-order valence-electron chi connectivity index (χ4n) is 2.16. The zero-order chi connectivity index (χ0) is 15.4. The highest BCUT2D eigenvalue weighted by molar-refractivity contribution is 5.97. The van der Waals surface area contributed by atoms with Crippen LogP contribution in [0.25, 0.3) is 0 Å². The van der Waals surface area contributed by atoms with Gasteiger partial charge in [0.1, 0.15) is 11.5 Å². The summed E-state index contributed by atoms with van der Waals surface area (Å²) in [6.45, 7) is 4.65. The van der Waals surface area contributed by atoms with Crippen LogP contribution in [0.3, 0.4) is 0 Å². The van der Waals surface area contributed by atoms with E-state index in [1.165, 1.54) is 12.1 Å². The number of carbonyl (C=O) groups is 1. The molecule has 1 aromatic carbocycles. The van der Waals surface area contributed by atoms with Gasteiger partial charge in [-0.3, -0.25) is 9.48 Å². The van der Waals surface area contributed by atoms with Gasteiger partial charge in [-0.05, 0) is 38.0 Å². The minimum absolute atomic E-state index is 0.258. The van der Waals surface area contributed by atoms with Crippen molar-refractivity contribution in [3.05, 3.63) is 47.0 Å². The maximum atomic E-state index is 13.1. The summed E-state index contributed by atoms with van der Waals surface area (Å²) in [6.07, 6.45) is 0.558. The minimum Gasteiger partial charge on any atom is -0.395 e. The van der Waals surface area contributed by atoms with Crippen molar-refractivity contribution in [1.29, 1.82) is 0 Å². The van der Waals surface area contributed by atoms with Gasteiger partial charge in [-0.25, -0.2) is 4.39 Å². The average Bonchev–Trinajstić information content (AvgIpc) is 2.74. The van der Waals surface area contributed by atoms with Crippen molar-refractivity contribution >= 4 is 11.6 Å². The summed E-state index contributed by atoms with van der Waals surface area (Å²) < 4.78 is 14.6. The molecule has 0 aliphatic rings. The summed E-state index contributed by atoms with van der Waals surface area (Å²) >= 11 is 0. The summed E-state index contributed by atoms with van der Waals surface area (Å²) in [6, 6.07) is 6.33. The predicted molar refractivity (Wildman–Crippen MR) is 79.5 cm³/mol. The number of carbonyl (C=O) groups excluding carboxylic acids is 1. The number of aryl methyl sites for hydroxylation is 2. The van der Waals surface area contributed by atoms with Crippen LogP contribution < -0.4 is 11.1 Å². The summed E-state index contributed by atoms with van der Waals surface area (Å²) in [4.78, 5) is 12.2. The number of hydrogen-bond donors (Lipinski definition) is 2. The first-order valence-corrected chi connectivity index (χ1v) is 6.88. The van der Waals surface area contributed by atoms with Crippen LogP contribution in [0.2, 0.25) is 0 Å². The van der Waals surface area contributed by atoms with Crippen molar-refractivity contribution in [3.8, 4) is 0 Å². The van der Waals surface area contributed by atoms with Crippen LogP contribution in [-0.2, 0) is 13.0 Å². The highest BCUT2D eigenvalue weighted by Gasteiger charge is 2.18. The van der Waals surface area contributed by atoms with Gasteiger partial charge in [-0.1, -0.05) is 12.1 Å². The standard InChI is InChI=1S/C15H19FN4O/c1-3-20-14(13(17)10(2)19-20)15(21)18-8-7-11-5-4-6-12(16)9-11/h4-6,9H,3,7-8,17H2,1-2H3,(H,18,21). The molecule has 0 saturated carbocycles. The molecule has 0 saturated heterocycles. The van der Waals surface area contributed by atoms with Gasteiger partial charge >= 0.3 is 0 Å². The molecule has 5 nitrogen and oxygen atoms in total. The first kappa shape index (κ1) is 15.0. The number of nitrogens with two attached hydrogens (primary N) is 1. The first-order valence-electron chi connectivity index (χ1n) is 6.88. The van der Waals surface area contributed by atoms with Gasteiger partial charge in [0, 0.05) is 13.1 Å². The Morgan fingerprint density at radius 3 is 2.90 bits per heavy atom. The molecule has 0 aliphatic heterocycles. The molecule has 2 rings (SSSR count). The number of nitrogens with zero attached hydrogens (tertiary/aromatic N) is 2. The van der Waals surface area contributed by atoms with Crippen molar-refractivity contribution in [2.45, 2.75) is 26.8 Å². The topological polar surface area (TPSA) is 72.9 Å². The second-order valence-electron chi connectivity index (χ2n) is 4.80. The Balaban J connectivity index is 1.99. The molecule has 0 spiro atoms.